The van der Waals surface area contributed by atoms with E-state index in [0.717, 1.165) is 39.8 Å². The highest BCUT2D eigenvalue weighted by Crippen LogP contribution is 2.39. The molecule has 3 heterocycles. The Hall–Kier alpha value is -4.17. The van der Waals surface area contributed by atoms with Crippen LogP contribution in [-0.4, -0.2) is 9.97 Å². The average Bonchev–Trinajstić information content (AvgIpc) is 3.50. The number of furan rings is 1. The van der Waals surface area contributed by atoms with Gasteiger partial charge in [0.2, 0.25) is 0 Å². The Balaban J connectivity index is 1.56. The van der Waals surface area contributed by atoms with Crippen molar-refractivity contribution >= 4 is 10.9 Å². The molecule has 5 rings (SSSR count). The standard InChI is InChI=1S/C26H21F2N3O3/c1-15-10-31-26(32)25-24(15)20(13-30-25)19-8-16(11-29-12-17-6-7-33-14-17)2-4-22(19)34-23-5-3-18(27)9-21(23)28/h2-10,13-14,29-30H,11-12H2,1H3,(H,31,32). The van der Waals surface area contributed by atoms with Crippen LogP contribution in [0.15, 0.2) is 76.6 Å². The smallest absolute Gasteiger partial charge is 0.272 e. The molecule has 2 aromatic carbocycles. The molecule has 0 spiro atoms. The van der Waals surface area contributed by atoms with Crippen molar-refractivity contribution in [2.24, 2.45) is 0 Å². The van der Waals surface area contributed by atoms with E-state index in [4.69, 9.17) is 9.15 Å². The minimum Gasteiger partial charge on any atom is -0.472 e. The van der Waals surface area contributed by atoms with E-state index in [1.807, 2.05) is 25.1 Å². The predicted molar refractivity (Wildman–Crippen MR) is 125 cm³/mol. The summed E-state index contributed by atoms with van der Waals surface area (Å²) in [6.07, 6.45) is 6.69. The molecule has 5 aromatic rings. The third-order valence-corrected chi connectivity index (χ3v) is 5.61. The van der Waals surface area contributed by atoms with Crippen LogP contribution in [0.2, 0.25) is 0 Å². The van der Waals surface area contributed by atoms with Crippen LogP contribution in [0.1, 0.15) is 16.7 Å². The first-order valence-electron chi connectivity index (χ1n) is 10.7. The zero-order valence-corrected chi connectivity index (χ0v) is 18.2. The number of hydrogen-bond donors (Lipinski definition) is 3. The Labute approximate surface area is 193 Å². The molecule has 0 aliphatic rings. The summed E-state index contributed by atoms with van der Waals surface area (Å²) in [5, 5.41) is 4.10. The molecule has 172 valence electrons. The molecular formula is C26H21F2N3O3. The van der Waals surface area contributed by atoms with E-state index in [2.05, 4.69) is 15.3 Å². The van der Waals surface area contributed by atoms with Gasteiger partial charge < -0.3 is 24.4 Å². The number of rotatable bonds is 7. The maximum atomic E-state index is 14.3. The van der Waals surface area contributed by atoms with Gasteiger partial charge in [0.05, 0.1) is 12.5 Å². The van der Waals surface area contributed by atoms with Crippen LogP contribution < -0.4 is 15.6 Å². The van der Waals surface area contributed by atoms with Gasteiger partial charge in [-0.15, -0.1) is 0 Å². The first-order chi connectivity index (χ1) is 16.5. The maximum absolute atomic E-state index is 14.3. The molecule has 0 unspecified atom stereocenters. The lowest BCUT2D eigenvalue weighted by molar-refractivity contribution is 0.439. The van der Waals surface area contributed by atoms with Crippen LogP contribution >= 0.6 is 0 Å². The molecule has 0 saturated heterocycles. The summed E-state index contributed by atoms with van der Waals surface area (Å²) >= 11 is 0. The quantitative estimate of drug-likeness (QED) is 0.287. The number of fused-ring (bicyclic) bond motifs is 1. The predicted octanol–water partition coefficient (Wildman–Crippen LogP) is 5.78. The van der Waals surface area contributed by atoms with Gasteiger partial charge in [-0.25, -0.2) is 8.78 Å². The van der Waals surface area contributed by atoms with Gasteiger partial charge in [-0.05, 0) is 48.4 Å². The van der Waals surface area contributed by atoms with Crippen molar-refractivity contribution < 1.29 is 17.9 Å². The molecule has 0 atom stereocenters. The number of ether oxygens (including phenoxy) is 1. The number of aryl methyl sites for hydroxylation is 1. The van der Waals surface area contributed by atoms with Crippen molar-refractivity contribution in [3.63, 3.8) is 0 Å². The fourth-order valence-electron chi connectivity index (χ4n) is 3.95. The summed E-state index contributed by atoms with van der Waals surface area (Å²) in [6, 6.07) is 10.6. The molecule has 0 radical (unpaired) electrons. The second-order valence-electron chi connectivity index (χ2n) is 8.00. The first kappa shape index (κ1) is 21.7. The Morgan fingerprint density at radius 3 is 2.56 bits per heavy atom. The Kier molecular flexibility index (Phi) is 5.73. The lowest BCUT2D eigenvalue weighted by atomic mass is 9.99. The van der Waals surface area contributed by atoms with Crippen molar-refractivity contribution in [1.29, 1.82) is 0 Å². The van der Waals surface area contributed by atoms with Gasteiger partial charge in [-0.2, -0.15) is 0 Å². The molecule has 0 saturated carbocycles. The molecule has 3 N–H and O–H groups in total. The monoisotopic (exact) mass is 461 g/mol. The average molecular weight is 461 g/mol. The van der Waals surface area contributed by atoms with E-state index in [0.29, 0.717) is 29.9 Å². The van der Waals surface area contributed by atoms with Gasteiger partial charge in [0.15, 0.2) is 11.6 Å². The summed E-state index contributed by atoms with van der Waals surface area (Å²) in [6.45, 7) is 3.09. The van der Waals surface area contributed by atoms with Crippen molar-refractivity contribution in [3.8, 4) is 22.6 Å². The second-order valence-corrected chi connectivity index (χ2v) is 8.00. The molecule has 3 aromatic heterocycles. The largest absolute Gasteiger partial charge is 0.472 e. The first-order valence-corrected chi connectivity index (χ1v) is 10.7. The number of aromatic nitrogens is 2. The van der Waals surface area contributed by atoms with Crippen LogP contribution in [0.25, 0.3) is 22.0 Å². The van der Waals surface area contributed by atoms with Crippen molar-refractivity contribution in [3.05, 3.63) is 106 Å². The minimum atomic E-state index is -0.802. The van der Waals surface area contributed by atoms with E-state index in [1.54, 1.807) is 31.0 Å². The van der Waals surface area contributed by atoms with E-state index < -0.39 is 11.6 Å². The van der Waals surface area contributed by atoms with E-state index >= 15 is 0 Å². The van der Waals surface area contributed by atoms with Crippen LogP contribution in [0.4, 0.5) is 8.78 Å². The Bertz CT molecular complexity index is 1520. The molecule has 0 fully saturated rings. The molecule has 6 nitrogen and oxygen atoms in total. The highest BCUT2D eigenvalue weighted by atomic mass is 19.1. The zero-order chi connectivity index (χ0) is 23.7. The molecule has 0 bridgehead atoms. The van der Waals surface area contributed by atoms with Crippen LogP contribution in [0, 0.1) is 18.6 Å². The fourth-order valence-corrected chi connectivity index (χ4v) is 3.95. The normalized spacial score (nSPS) is 11.3. The van der Waals surface area contributed by atoms with Crippen LogP contribution in [-0.2, 0) is 13.1 Å². The summed E-state index contributed by atoms with van der Waals surface area (Å²) < 4.78 is 38.7. The van der Waals surface area contributed by atoms with Gasteiger partial charge in [0.25, 0.3) is 5.56 Å². The highest BCUT2D eigenvalue weighted by molar-refractivity contribution is 5.98. The number of hydrogen-bond acceptors (Lipinski definition) is 4. The third kappa shape index (κ3) is 4.23. The van der Waals surface area contributed by atoms with E-state index in [9.17, 15) is 13.6 Å². The Morgan fingerprint density at radius 2 is 1.76 bits per heavy atom. The number of pyridine rings is 1. The number of halogens is 2. The summed E-state index contributed by atoms with van der Waals surface area (Å²) in [5.41, 5.74) is 4.47. The van der Waals surface area contributed by atoms with Crippen molar-refractivity contribution in [2.45, 2.75) is 20.0 Å². The Morgan fingerprint density at radius 1 is 0.941 bits per heavy atom. The molecular weight excluding hydrogens is 440 g/mol. The highest BCUT2D eigenvalue weighted by Gasteiger charge is 2.17. The number of aromatic amines is 2. The van der Waals surface area contributed by atoms with Crippen molar-refractivity contribution in [1.82, 2.24) is 15.3 Å². The minimum absolute atomic E-state index is 0.0945. The number of benzene rings is 2. The lowest BCUT2D eigenvalue weighted by Crippen LogP contribution is -2.12. The summed E-state index contributed by atoms with van der Waals surface area (Å²) in [7, 11) is 0. The molecule has 0 aliphatic heterocycles. The number of nitrogens with one attached hydrogen (secondary N) is 3. The van der Waals surface area contributed by atoms with Gasteiger partial charge in [0.1, 0.15) is 17.1 Å². The van der Waals surface area contributed by atoms with Crippen LogP contribution in [0.5, 0.6) is 11.5 Å². The van der Waals surface area contributed by atoms with Gasteiger partial charge in [-0.1, -0.05) is 6.07 Å². The lowest BCUT2D eigenvalue weighted by Gasteiger charge is -2.14. The molecule has 8 heteroatoms. The molecule has 34 heavy (non-hydrogen) atoms. The molecule has 0 amide bonds. The van der Waals surface area contributed by atoms with Crippen LogP contribution in [0.3, 0.4) is 0 Å². The fraction of sp³-hybridized carbons (Fsp3) is 0.115. The second kappa shape index (κ2) is 8.99. The van der Waals surface area contributed by atoms with E-state index in [1.165, 1.54) is 6.07 Å². The zero-order valence-electron chi connectivity index (χ0n) is 18.2. The third-order valence-electron chi connectivity index (χ3n) is 5.61. The topological polar surface area (TPSA) is 83.0 Å². The summed E-state index contributed by atoms with van der Waals surface area (Å²) in [4.78, 5) is 18.1. The molecule has 0 aliphatic carbocycles. The van der Waals surface area contributed by atoms with Gasteiger partial charge in [-0.3, -0.25) is 4.79 Å². The van der Waals surface area contributed by atoms with Crippen molar-refractivity contribution in [2.75, 3.05) is 0 Å². The maximum Gasteiger partial charge on any atom is 0.272 e. The SMILES string of the molecule is Cc1c[nH]c(=O)c2[nH]cc(-c3cc(CNCc4ccoc4)ccc3Oc3ccc(F)cc3F)c12. The number of H-pyrrole nitrogens is 2. The summed E-state index contributed by atoms with van der Waals surface area (Å²) in [5.74, 6) is -1.20. The van der Waals surface area contributed by atoms with Gasteiger partial charge in [0, 0.05) is 53.6 Å². The van der Waals surface area contributed by atoms with E-state index in [-0.39, 0.29) is 11.3 Å². The van der Waals surface area contributed by atoms with Gasteiger partial charge >= 0.3 is 0 Å².